The van der Waals surface area contributed by atoms with E-state index in [-0.39, 0.29) is 11.7 Å². The van der Waals surface area contributed by atoms with Crippen LogP contribution >= 0.6 is 23.4 Å². The van der Waals surface area contributed by atoms with Crippen LogP contribution < -0.4 is 4.72 Å². The number of carbonyl (C=O) groups excluding carboxylic acids is 1. The quantitative estimate of drug-likeness (QED) is 0.629. The molecule has 1 aromatic carbocycles. The van der Waals surface area contributed by atoms with E-state index in [1.54, 1.807) is 18.7 Å². The Morgan fingerprint density at radius 1 is 1.21 bits per heavy atom. The van der Waals surface area contributed by atoms with E-state index in [4.69, 9.17) is 11.6 Å². The van der Waals surface area contributed by atoms with Gasteiger partial charge in [0.15, 0.2) is 0 Å². The van der Waals surface area contributed by atoms with Gasteiger partial charge in [-0.05, 0) is 49.5 Å². The highest BCUT2D eigenvalue weighted by Crippen LogP contribution is 2.14. The summed E-state index contributed by atoms with van der Waals surface area (Å²) in [6, 6.07) is 7.14. The lowest BCUT2D eigenvalue weighted by atomic mass is 10.2. The molecule has 0 radical (unpaired) electrons. The van der Waals surface area contributed by atoms with E-state index < -0.39 is 16.1 Å². The van der Waals surface area contributed by atoms with Gasteiger partial charge in [0, 0.05) is 37.7 Å². The van der Waals surface area contributed by atoms with E-state index in [0.717, 1.165) is 36.8 Å². The van der Waals surface area contributed by atoms with Crippen LogP contribution in [-0.4, -0.2) is 74.1 Å². The number of carbonyl (C=O) groups is 1. The first-order valence-electron chi connectivity index (χ1n) is 9.59. The van der Waals surface area contributed by atoms with Crippen LogP contribution in [-0.2, 0) is 21.4 Å². The summed E-state index contributed by atoms with van der Waals surface area (Å²) in [5.41, 5.74) is 1.19. The Balaban J connectivity index is 1.97. The minimum Gasteiger partial charge on any atom is -0.340 e. The molecular formula is C19H30ClN3O3S2. The van der Waals surface area contributed by atoms with Crippen molar-refractivity contribution in [2.24, 2.45) is 0 Å². The van der Waals surface area contributed by atoms with Gasteiger partial charge in [-0.2, -0.15) is 11.8 Å². The number of nitrogens with one attached hydrogen (secondary N) is 1. The van der Waals surface area contributed by atoms with E-state index >= 15 is 0 Å². The highest BCUT2D eigenvalue weighted by molar-refractivity contribution is 7.98. The van der Waals surface area contributed by atoms with Crippen molar-refractivity contribution in [3.05, 3.63) is 34.9 Å². The molecule has 28 heavy (non-hydrogen) atoms. The maximum absolute atomic E-state index is 13.0. The Morgan fingerprint density at radius 3 is 2.57 bits per heavy atom. The maximum atomic E-state index is 13.0. The van der Waals surface area contributed by atoms with E-state index in [1.807, 2.05) is 35.4 Å². The van der Waals surface area contributed by atoms with Crippen molar-refractivity contribution in [2.75, 3.05) is 43.9 Å². The molecule has 1 fully saturated rings. The summed E-state index contributed by atoms with van der Waals surface area (Å²) in [4.78, 5) is 17.1. The summed E-state index contributed by atoms with van der Waals surface area (Å²) in [6.45, 7) is 5.33. The van der Waals surface area contributed by atoms with Crippen molar-refractivity contribution in [1.82, 2.24) is 14.5 Å². The molecule has 9 heteroatoms. The maximum Gasteiger partial charge on any atom is 0.240 e. The van der Waals surface area contributed by atoms with Gasteiger partial charge in [0.2, 0.25) is 15.9 Å². The fraction of sp³-hybridized carbons (Fsp3) is 0.632. The number of halogens is 1. The Labute approximate surface area is 178 Å². The zero-order valence-electron chi connectivity index (χ0n) is 16.6. The van der Waals surface area contributed by atoms with Gasteiger partial charge in [0.1, 0.15) is 6.04 Å². The number of nitrogens with zero attached hydrogens (tertiary/aromatic N) is 2. The molecule has 158 valence electrons. The molecule has 1 N–H and O–H groups in total. The third-order valence-electron chi connectivity index (χ3n) is 4.83. The molecule has 0 aliphatic carbocycles. The molecule has 1 aliphatic heterocycles. The molecule has 1 aromatic rings. The molecule has 0 aromatic heterocycles. The largest absolute Gasteiger partial charge is 0.340 e. The lowest BCUT2D eigenvalue weighted by Crippen LogP contribution is -2.50. The number of sulfonamides is 1. The van der Waals surface area contributed by atoms with E-state index in [1.165, 1.54) is 5.56 Å². The minimum absolute atomic E-state index is 0.0229. The van der Waals surface area contributed by atoms with E-state index in [9.17, 15) is 13.2 Å². The highest BCUT2D eigenvalue weighted by atomic mass is 35.5. The van der Waals surface area contributed by atoms with Crippen LogP contribution in [0.3, 0.4) is 0 Å². The number of rotatable bonds is 9. The summed E-state index contributed by atoms with van der Waals surface area (Å²) >= 11 is 7.56. The summed E-state index contributed by atoms with van der Waals surface area (Å²) in [5, 5.41) is 0.724. The van der Waals surface area contributed by atoms with Crippen LogP contribution in [0, 0.1) is 0 Å². The first-order valence-corrected chi connectivity index (χ1v) is 13.0. The molecule has 1 heterocycles. The Hall–Kier alpha value is -0.800. The van der Waals surface area contributed by atoms with Gasteiger partial charge in [0.25, 0.3) is 0 Å². The average Bonchev–Trinajstić information content (AvgIpc) is 2.92. The van der Waals surface area contributed by atoms with Crippen LogP contribution in [0.15, 0.2) is 24.3 Å². The predicted molar refractivity (Wildman–Crippen MR) is 117 cm³/mol. The highest BCUT2D eigenvalue weighted by Gasteiger charge is 2.28. The first-order chi connectivity index (χ1) is 13.3. The third kappa shape index (κ3) is 7.55. The zero-order valence-corrected chi connectivity index (χ0v) is 19.0. The van der Waals surface area contributed by atoms with Crippen LogP contribution in [0.4, 0.5) is 0 Å². The molecule has 1 aliphatic rings. The molecule has 2 rings (SSSR count). The number of benzene rings is 1. The van der Waals surface area contributed by atoms with Crippen molar-refractivity contribution in [3.63, 3.8) is 0 Å². The molecular weight excluding hydrogens is 418 g/mol. The molecule has 1 saturated heterocycles. The molecule has 0 saturated carbocycles. The van der Waals surface area contributed by atoms with Crippen LogP contribution in [0.25, 0.3) is 0 Å². The first kappa shape index (κ1) is 23.5. The number of hydrogen-bond donors (Lipinski definition) is 1. The second kappa shape index (κ2) is 11.4. The zero-order chi connectivity index (χ0) is 20.6. The van der Waals surface area contributed by atoms with Gasteiger partial charge in [-0.1, -0.05) is 23.7 Å². The molecule has 6 nitrogen and oxygen atoms in total. The third-order valence-corrected chi connectivity index (χ3v) is 7.13. The summed E-state index contributed by atoms with van der Waals surface area (Å²) in [5.74, 6) is 0.601. The van der Waals surface area contributed by atoms with Crippen LogP contribution in [0.5, 0.6) is 0 Å². The van der Waals surface area contributed by atoms with Crippen molar-refractivity contribution in [3.8, 4) is 0 Å². The molecule has 1 unspecified atom stereocenters. The standard InChI is InChI=1S/C19H30ClN3O3S2/c1-3-28(25,26)21-18(9-14-27-2)19(24)23-11-4-10-22(12-13-23)15-16-5-7-17(20)8-6-16/h5-8,18,21H,3-4,9-15H2,1-2H3. The van der Waals surface area contributed by atoms with Crippen LogP contribution in [0.2, 0.25) is 5.02 Å². The van der Waals surface area contributed by atoms with Crippen molar-refractivity contribution >= 4 is 39.3 Å². The van der Waals surface area contributed by atoms with Crippen LogP contribution in [0.1, 0.15) is 25.3 Å². The van der Waals surface area contributed by atoms with E-state index in [0.29, 0.717) is 19.5 Å². The number of amides is 1. The van der Waals surface area contributed by atoms with Gasteiger partial charge in [-0.15, -0.1) is 0 Å². The fourth-order valence-corrected chi connectivity index (χ4v) is 4.60. The van der Waals surface area contributed by atoms with Gasteiger partial charge in [-0.3, -0.25) is 9.69 Å². The van der Waals surface area contributed by atoms with Crippen molar-refractivity contribution in [2.45, 2.75) is 32.4 Å². The van der Waals surface area contributed by atoms with Gasteiger partial charge in [-0.25, -0.2) is 13.1 Å². The van der Waals surface area contributed by atoms with Gasteiger partial charge < -0.3 is 4.90 Å². The fourth-order valence-electron chi connectivity index (χ4n) is 3.19. The smallest absolute Gasteiger partial charge is 0.240 e. The normalized spacial score (nSPS) is 17.3. The van der Waals surface area contributed by atoms with Gasteiger partial charge in [0.05, 0.1) is 5.75 Å². The van der Waals surface area contributed by atoms with E-state index in [2.05, 4.69) is 9.62 Å². The second-order valence-electron chi connectivity index (χ2n) is 6.94. The molecule has 1 atom stereocenters. The Morgan fingerprint density at radius 2 is 1.93 bits per heavy atom. The Kier molecular flexibility index (Phi) is 9.56. The monoisotopic (exact) mass is 447 g/mol. The number of thioether (sulfide) groups is 1. The van der Waals surface area contributed by atoms with Crippen molar-refractivity contribution < 1.29 is 13.2 Å². The average molecular weight is 448 g/mol. The molecule has 0 bridgehead atoms. The Bertz CT molecular complexity index is 728. The topological polar surface area (TPSA) is 69.7 Å². The number of hydrogen-bond acceptors (Lipinski definition) is 5. The summed E-state index contributed by atoms with van der Waals surface area (Å²) in [6.07, 6.45) is 3.33. The summed E-state index contributed by atoms with van der Waals surface area (Å²) < 4.78 is 26.6. The summed E-state index contributed by atoms with van der Waals surface area (Å²) in [7, 11) is -3.42. The predicted octanol–water partition coefficient (Wildman–Crippen LogP) is 2.44. The SMILES string of the molecule is CCS(=O)(=O)NC(CCSC)C(=O)N1CCCN(Cc2ccc(Cl)cc2)CC1. The van der Waals surface area contributed by atoms with Crippen molar-refractivity contribution in [1.29, 1.82) is 0 Å². The second-order valence-corrected chi connectivity index (χ2v) is 10.4. The lowest BCUT2D eigenvalue weighted by molar-refractivity contribution is -0.132. The molecule has 1 amide bonds. The molecule has 0 spiro atoms. The minimum atomic E-state index is -3.42. The lowest BCUT2D eigenvalue weighted by Gasteiger charge is -2.27. The van der Waals surface area contributed by atoms with Gasteiger partial charge >= 0.3 is 0 Å².